The van der Waals surface area contributed by atoms with Gasteiger partial charge in [-0.15, -0.1) is 0 Å². The van der Waals surface area contributed by atoms with Crippen LogP contribution < -0.4 is 0 Å². The van der Waals surface area contributed by atoms with E-state index < -0.39 is 0 Å². The highest BCUT2D eigenvalue weighted by atomic mass is 16.1. The lowest BCUT2D eigenvalue weighted by Crippen LogP contribution is -2.53. The summed E-state index contributed by atoms with van der Waals surface area (Å²) < 4.78 is 0. The Bertz CT molecular complexity index is 264. The van der Waals surface area contributed by atoms with Crippen molar-refractivity contribution in [3.63, 3.8) is 0 Å². The average molecular weight is 223 g/mol. The molecule has 0 amide bonds. The van der Waals surface area contributed by atoms with Gasteiger partial charge in [0.1, 0.15) is 0 Å². The van der Waals surface area contributed by atoms with Gasteiger partial charge >= 0.3 is 0 Å². The van der Waals surface area contributed by atoms with Gasteiger partial charge in [-0.1, -0.05) is 13.3 Å². The molecular formula is C14H25NO. The van der Waals surface area contributed by atoms with Crippen LogP contribution in [0.3, 0.4) is 0 Å². The van der Waals surface area contributed by atoms with Crippen LogP contribution in [0.15, 0.2) is 0 Å². The molecule has 0 aromatic heterocycles. The number of Topliss-reactive ketones (excluding diaryl/α,β-unsaturated/α-hetero) is 1. The van der Waals surface area contributed by atoms with Crippen molar-refractivity contribution >= 4 is 5.78 Å². The second-order valence-electron chi connectivity index (χ2n) is 5.84. The van der Waals surface area contributed by atoms with Crippen molar-refractivity contribution in [1.82, 2.24) is 4.90 Å². The van der Waals surface area contributed by atoms with Gasteiger partial charge in [0.2, 0.25) is 0 Å². The average Bonchev–Trinajstić information content (AvgIpc) is 2.58. The Kier molecular flexibility index (Phi) is 3.39. The molecule has 1 spiro atoms. The molecule has 1 aliphatic heterocycles. The summed E-state index contributed by atoms with van der Waals surface area (Å²) in [7, 11) is 0. The Morgan fingerprint density at radius 1 is 1.38 bits per heavy atom. The van der Waals surface area contributed by atoms with Gasteiger partial charge in [0.15, 0.2) is 5.78 Å². The highest BCUT2D eigenvalue weighted by Crippen LogP contribution is 2.43. The summed E-state index contributed by atoms with van der Waals surface area (Å²) in [4.78, 5) is 14.7. The molecule has 1 saturated heterocycles. The molecule has 0 N–H and O–H groups in total. The molecule has 2 nitrogen and oxygen atoms in total. The summed E-state index contributed by atoms with van der Waals surface area (Å²) in [5.74, 6) is 1.39. The van der Waals surface area contributed by atoms with E-state index in [1.54, 1.807) is 0 Å². The highest BCUT2D eigenvalue weighted by Gasteiger charge is 2.50. The van der Waals surface area contributed by atoms with Crippen LogP contribution >= 0.6 is 0 Å². The van der Waals surface area contributed by atoms with Gasteiger partial charge in [0, 0.05) is 19.0 Å². The molecule has 2 heteroatoms. The van der Waals surface area contributed by atoms with Gasteiger partial charge in [0.05, 0.1) is 5.54 Å². The van der Waals surface area contributed by atoms with E-state index in [9.17, 15) is 4.79 Å². The first kappa shape index (κ1) is 12.1. The zero-order valence-corrected chi connectivity index (χ0v) is 11.0. The number of hydrogen-bond donors (Lipinski definition) is 0. The van der Waals surface area contributed by atoms with E-state index in [0.717, 1.165) is 31.7 Å². The Morgan fingerprint density at radius 3 is 2.50 bits per heavy atom. The Hall–Kier alpha value is -0.370. The summed E-state index contributed by atoms with van der Waals surface area (Å²) in [5.41, 5.74) is -0.0557. The van der Waals surface area contributed by atoms with Crippen molar-refractivity contribution in [3.8, 4) is 0 Å². The van der Waals surface area contributed by atoms with E-state index in [2.05, 4.69) is 25.7 Å². The van der Waals surface area contributed by atoms with E-state index in [0.29, 0.717) is 11.8 Å². The molecule has 2 rings (SSSR count). The number of hydrogen-bond acceptors (Lipinski definition) is 2. The molecule has 16 heavy (non-hydrogen) atoms. The predicted octanol–water partition coefficient (Wildman–Crippen LogP) is 3.01. The number of carbonyl (C=O) groups is 1. The zero-order valence-electron chi connectivity index (χ0n) is 11.0. The number of nitrogens with zero attached hydrogens (tertiary/aromatic N) is 1. The van der Waals surface area contributed by atoms with Gasteiger partial charge in [-0.05, 0) is 45.4 Å². The van der Waals surface area contributed by atoms with Crippen LogP contribution in [0.4, 0.5) is 0 Å². The van der Waals surface area contributed by atoms with Crippen LogP contribution in [-0.2, 0) is 4.79 Å². The summed E-state index contributed by atoms with van der Waals surface area (Å²) in [5, 5.41) is 0. The number of ketones is 1. The number of rotatable bonds is 2. The van der Waals surface area contributed by atoms with Crippen LogP contribution in [0, 0.1) is 5.92 Å². The standard InChI is InChI=1S/C14H25NO/c1-4-12-5-8-14(9-6-12)13(16)7-10-15(14)11(2)3/h11-12H,4-10H2,1-3H3. The van der Waals surface area contributed by atoms with Gasteiger partial charge < -0.3 is 0 Å². The molecule has 2 fully saturated rings. The molecule has 0 aromatic carbocycles. The van der Waals surface area contributed by atoms with E-state index in [1.807, 2.05) is 0 Å². The SMILES string of the molecule is CCC1CCC2(CC1)C(=O)CCN2C(C)C. The third-order valence-corrected chi connectivity index (χ3v) is 4.78. The fourth-order valence-corrected chi connectivity index (χ4v) is 3.71. The minimum atomic E-state index is -0.0557. The number of carbonyl (C=O) groups excluding carboxylic acids is 1. The first-order valence-electron chi connectivity index (χ1n) is 6.90. The third kappa shape index (κ3) is 1.81. The lowest BCUT2D eigenvalue weighted by atomic mass is 9.73. The summed E-state index contributed by atoms with van der Waals surface area (Å²) in [6, 6.07) is 0.518. The van der Waals surface area contributed by atoms with Crippen molar-refractivity contribution in [2.45, 2.75) is 70.9 Å². The Labute approximate surface area is 99.4 Å². The fourth-order valence-electron chi connectivity index (χ4n) is 3.71. The van der Waals surface area contributed by atoms with Crippen LogP contribution in [0.2, 0.25) is 0 Å². The van der Waals surface area contributed by atoms with Gasteiger partial charge in [-0.2, -0.15) is 0 Å². The maximum Gasteiger partial charge on any atom is 0.154 e. The quantitative estimate of drug-likeness (QED) is 0.717. The molecule has 1 saturated carbocycles. The largest absolute Gasteiger partial charge is 0.298 e. The van der Waals surface area contributed by atoms with E-state index in [4.69, 9.17) is 0 Å². The molecule has 1 heterocycles. The van der Waals surface area contributed by atoms with Crippen LogP contribution in [0.1, 0.15) is 59.3 Å². The lowest BCUT2D eigenvalue weighted by Gasteiger charge is -2.44. The smallest absolute Gasteiger partial charge is 0.154 e. The second-order valence-corrected chi connectivity index (χ2v) is 5.84. The maximum absolute atomic E-state index is 12.2. The van der Waals surface area contributed by atoms with Crippen molar-refractivity contribution in [3.05, 3.63) is 0 Å². The molecule has 0 aromatic rings. The van der Waals surface area contributed by atoms with Crippen molar-refractivity contribution in [2.75, 3.05) is 6.54 Å². The van der Waals surface area contributed by atoms with E-state index in [1.165, 1.54) is 19.3 Å². The maximum atomic E-state index is 12.2. The molecule has 2 aliphatic rings. The van der Waals surface area contributed by atoms with Crippen LogP contribution in [0.5, 0.6) is 0 Å². The first-order valence-corrected chi connectivity index (χ1v) is 6.90. The Balaban J connectivity index is 2.13. The number of likely N-dealkylation sites (tertiary alicyclic amines) is 1. The lowest BCUT2D eigenvalue weighted by molar-refractivity contribution is -0.128. The van der Waals surface area contributed by atoms with Gasteiger partial charge in [-0.3, -0.25) is 9.69 Å². The van der Waals surface area contributed by atoms with Crippen LogP contribution in [0.25, 0.3) is 0 Å². The van der Waals surface area contributed by atoms with Gasteiger partial charge in [0.25, 0.3) is 0 Å². The minimum Gasteiger partial charge on any atom is -0.298 e. The summed E-state index contributed by atoms with van der Waals surface area (Å²) >= 11 is 0. The minimum absolute atomic E-state index is 0.0557. The molecular weight excluding hydrogens is 198 g/mol. The predicted molar refractivity (Wildman–Crippen MR) is 66.4 cm³/mol. The fraction of sp³-hybridized carbons (Fsp3) is 0.929. The topological polar surface area (TPSA) is 20.3 Å². The van der Waals surface area contributed by atoms with Crippen LogP contribution in [-0.4, -0.2) is 28.8 Å². The molecule has 1 aliphatic carbocycles. The zero-order chi connectivity index (χ0) is 11.8. The monoisotopic (exact) mass is 223 g/mol. The van der Waals surface area contributed by atoms with Crippen molar-refractivity contribution in [1.29, 1.82) is 0 Å². The molecule has 0 atom stereocenters. The van der Waals surface area contributed by atoms with Crippen molar-refractivity contribution in [2.24, 2.45) is 5.92 Å². The summed E-state index contributed by atoms with van der Waals surface area (Å²) in [6.07, 6.45) is 6.81. The Morgan fingerprint density at radius 2 is 2.00 bits per heavy atom. The molecule has 92 valence electrons. The van der Waals surface area contributed by atoms with E-state index >= 15 is 0 Å². The highest BCUT2D eigenvalue weighted by molar-refractivity contribution is 5.90. The normalized spacial score (nSPS) is 36.5. The second kappa shape index (κ2) is 4.48. The molecule has 0 unspecified atom stereocenters. The summed E-state index contributed by atoms with van der Waals surface area (Å²) in [6.45, 7) is 7.73. The van der Waals surface area contributed by atoms with Gasteiger partial charge in [-0.25, -0.2) is 0 Å². The van der Waals surface area contributed by atoms with Crippen molar-refractivity contribution < 1.29 is 4.79 Å². The molecule has 0 bridgehead atoms. The first-order chi connectivity index (χ1) is 7.60. The third-order valence-electron chi connectivity index (χ3n) is 4.78. The van der Waals surface area contributed by atoms with E-state index in [-0.39, 0.29) is 5.54 Å². The molecule has 0 radical (unpaired) electrons.